The molecule has 2 aromatic rings. The van der Waals surface area contributed by atoms with Crippen molar-refractivity contribution in [2.75, 3.05) is 0 Å². The van der Waals surface area contributed by atoms with E-state index in [9.17, 15) is 0 Å². The van der Waals surface area contributed by atoms with Gasteiger partial charge in [-0.3, -0.25) is 0 Å². The topological polar surface area (TPSA) is 30.7 Å². The van der Waals surface area contributed by atoms with E-state index in [1.54, 1.807) is 6.33 Å². The van der Waals surface area contributed by atoms with Crippen molar-refractivity contribution in [3.8, 4) is 0 Å². The molecule has 13 heavy (non-hydrogen) atoms. The lowest BCUT2D eigenvalue weighted by Crippen LogP contribution is -1.94. The van der Waals surface area contributed by atoms with E-state index in [4.69, 9.17) is 0 Å². The third-order valence-corrected chi connectivity index (χ3v) is 2.65. The summed E-state index contributed by atoms with van der Waals surface area (Å²) in [6, 6.07) is 2.81. The standard InChI is InChI=1S/C10H11N3/c1-7-9-4-5-13(8-2-3-8)10(9)12-6-11-7/h4-6,8H,2-3H2,1H3. The van der Waals surface area contributed by atoms with E-state index in [-0.39, 0.29) is 0 Å². The van der Waals surface area contributed by atoms with Gasteiger partial charge in [-0.2, -0.15) is 0 Å². The Labute approximate surface area is 76.4 Å². The molecule has 3 nitrogen and oxygen atoms in total. The normalized spacial score (nSPS) is 16.7. The van der Waals surface area contributed by atoms with E-state index in [2.05, 4.69) is 26.8 Å². The van der Waals surface area contributed by atoms with Gasteiger partial charge < -0.3 is 4.57 Å². The maximum Gasteiger partial charge on any atom is 0.143 e. The molecule has 0 atom stereocenters. The van der Waals surface area contributed by atoms with Crippen molar-refractivity contribution in [1.82, 2.24) is 14.5 Å². The minimum Gasteiger partial charge on any atom is -0.329 e. The summed E-state index contributed by atoms with van der Waals surface area (Å²) in [5, 5.41) is 1.19. The molecular formula is C10H11N3. The van der Waals surface area contributed by atoms with E-state index < -0.39 is 0 Å². The van der Waals surface area contributed by atoms with Crippen LogP contribution >= 0.6 is 0 Å². The molecule has 1 aliphatic rings. The summed E-state index contributed by atoms with van der Waals surface area (Å²) >= 11 is 0. The highest BCUT2D eigenvalue weighted by Gasteiger charge is 2.24. The van der Waals surface area contributed by atoms with Gasteiger partial charge in [0.1, 0.15) is 12.0 Å². The zero-order valence-corrected chi connectivity index (χ0v) is 7.57. The summed E-state index contributed by atoms with van der Waals surface area (Å²) in [6.07, 6.45) is 6.38. The molecule has 0 amide bonds. The van der Waals surface area contributed by atoms with Crippen molar-refractivity contribution in [3.05, 3.63) is 24.3 Å². The first-order chi connectivity index (χ1) is 6.36. The summed E-state index contributed by atoms with van der Waals surface area (Å²) < 4.78 is 2.27. The third-order valence-electron chi connectivity index (χ3n) is 2.65. The second-order valence-electron chi connectivity index (χ2n) is 3.65. The predicted molar refractivity (Wildman–Crippen MR) is 50.5 cm³/mol. The lowest BCUT2D eigenvalue weighted by Gasteiger charge is -2.00. The maximum absolute atomic E-state index is 4.32. The number of rotatable bonds is 1. The summed E-state index contributed by atoms with van der Waals surface area (Å²) in [7, 11) is 0. The average Bonchev–Trinajstić information content (AvgIpc) is 2.87. The van der Waals surface area contributed by atoms with Crippen LogP contribution in [-0.2, 0) is 0 Å². The fourth-order valence-corrected chi connectivity index (χ4v) is 1.74. The van der Waals surface area contributed by atoms with E-state index in [0.29, 0.717) is 6.04 Å². The van der Waals surface area contributed by atoms with Gasteiger partial charge >= 0.3 is 0 Å². The fourth-order valence-electron chi connectivity index (χ4n) is 1.74. The quantitative estimate of drug-likeness (QED) is 0.661. The highest BCUT2D eigenvalue weighted by atomic mass is 15.1. The number of nitrogens with zero attached hydrogens (tertiary/aromatic N) is 3. The van der Waals surface area contributed by atoms with Gasteiger partial charge in [0.2, 0.25) is 0 Å². The van der Waals surface area contributed by atoms with Crippen LogP contribution in [0.4, 0.5) is 0 Å². The third kappa shape index (κ3) is 0.963. The largest absolute Gasteiger partial charge is 0.329 e. The first kappa shape index (κ1) is 7.06. The molecule has 2 heterocycles. The Balaban J connectivity index is 2.32. The molecule has 1 saturated carbocycles. The molecule has 0 radical (unpaired) electrons. The Morgan fingerprint density at radius 1 is 1.38 bits per heavy atom. The lowest BCUT2D eigenvalue weighted by molar-refractivity contribution is 0.765. The fraction of sp³-hybridized carbons (Fsp3) is 0.400. The molecule has 3 rings (SSSR count). The summed E-state index contributed by atoms with van der Waals surface area (Å²) in [4.78, 5) is 8.49. The van der Waals surface area contributed by atoms with Gasteiger partial charge in [-0.1, -0.05) is 0 Å². The van der Waals surface area contributed by atoms with Crippen LogP contribution in [0.25, 0.3) is 11.0 Å². The maximum atomic E-state index is 4.32. The second kappa shape index (κ2) is 2.31. The van der Waals surface area contributed by atoms with Gasteiger partial charge in [0, 0.05) is 17.6 Å². The number of hydrogen-bond acceptors (Lipinski definition) is 2. The Kier molecular flexibility index (Phi) is 1.26. The molecule has 0 bridgehead atoms. The molecule has 0 N–H and O–H groups in total. The lowest BCUT2D eigenvalue weighted by atomic mass is 10.3. The van der Waals surface area contributed by atoms with Crippen molar-refractivity contribution in [1.29, 1.82) is 0 Å². The van der Waals surface area contributed by atoms with Crippen LogP contribution in [0.3, 0.4) is 0 Å². The Bertz CT molecular complexity index is 454. The summed E-state index contributed by atoms with van der Waals surface area (Å²) in [5.74, 6) is 0. The molecule has 0 unspecified atom stereocenters. The zero-order valence-electron chi connectivity index (χ0n) is 7.57. The summed E-state index contributed by atoms with van der Waals surface area (Å²) in [6.45, 7) is 2.03. The molecular weight excluding hydrogens is 162 g/mol. The van der Waals surface area contributed by atoms with Crippen LogP contribution in [0, 0.1) is 6.92 Å². The van der Waals surface area contributed by atoms with Crippen molar-refractivity contribution >= 4 is 11.0 Å². The van der Waals surface area contributed by atoms with Crippen LogP contribution in [0.2, 0.25) is 0 Å². The highest BCUT2D eigenvalue weighted by Crippen LogP contribution is 2.37. The predicted octanol–water partition coefficient (Wildman–Crippen LogP) is 2.07. The second-order valence-corrected chi connectivity index (χ2v) is 3.65. The number of hydrogen-bond donors (Lipinski definition) is 0. The minimum absolute atomic E-state index is 0.701. The van der Waals surface area contributed by atoms with Gasteiger partial charge in [-0.15, -0.1) is 0 Å². The van der Waals surface area contributed by atoms with Crippen molar-refractivity contribution in [2.45, 2.75) is 25.8 Å². The molecule has 66 valence electrons. The van der Waals surface area contributed by atoms with Crippen LogP contribution in [0.1, 0.15) is 24.6 Å². The van der Waals surface area contributed by atoms with Gasteiger partial charge in [0.05, 0.1) is 5.69 Å². The Morgan fingerprint density at radius 3 is 3.00 bits per heavy atom. The molecule has 3 heteroatoms. The van der Waals surface area contributed by atoms with Crippen molar-refractivity contribution in [3.63, 3.8) is 0 Å². The Morgan fingerprint density at radius 2 is 2.23 bits per heavy atom. The van der Waals surface area contributed by atoms with E-state index in [1.165, 1.54) is 18.2 Å². The van der Waals surface area contributed by atoms with Gasteiger partial charge in [-0.05, 0) is 25.8 Å². The zero-order chi connectivity index (χ0) is 8.84. The molecule has 0 aromatic carbocycles. The molecule has 1 aliphatic carbocycles. The first-order valence-corrected chi connectivity index (χ1v) is 4.64. The SMILES string of the molecule is Cc1ncnc2c1ccn2C1CC1. The van der Waals surface area contributed by atoms with Crippen LogP contribution in [-0.4, -0.2) is 14.5 Å². The first-order valence-electron chi connectivity index (χ1n) is 4.64. The number of aryl methyl sites for hydroxylation is 1. The van der Waals surface area contributed by atoms with E-state index >= 15 is 0 Å². The van der Waals surface area contributed by atoms with Crippen LogP contribution in [0.5, 0.6) is 0 Å². The van der Waals surface area contributed by atoms with Gasteiger partial charge in [0.15, 0.2) is 0 Å². The molecule has 0 saturated heterocycles. The van der Waals surface area contributed by atoms with Gasteiger partial charge in [-0.25, -0.2) is 9.97 Å². The monoisotopic (exact) mass is 173 g/mol. The van der Waals surface area contributed by atoms with Crippen LogP contribution in [0.15, 0.2) is 18.6 Å². The van der Waals surface area contributed by atoms with Crippen molar-refractivity contribution in [2.24, 2.45) is 0 Å². The molecule has 1 fully saturated rings. The Hall–Kier alpha value is -1.38. The van der Waals surface area contributed by atoms with Crippen molar-refractivity contribution < 1.29 is 0 Å². The minimum atomic E-state index is 0.701. The molecule has 0 aliphatic heterocycles. The average molecular weight is 173 g/mol. The van der Waals surface area contributed by atoms with E-state index in [1.807, 2.05) is 6.92 Å². The summed E-state index contributed by atoms with van der Waals surface area (Å²) in [5.41, 5.74) is 2.17. The number of aromatic nitrogens is 3. The molecule has 0 spiro atoms. The highest BCUT2D eigenvalue weighted by molar-refractivity contribution is 5.78. The van der Waals surface area contributed by atoms with Gasteiger partial charge in [0.25, 0.3) is 0 Å². The molecule has 2 aromatic heterocycles. The smallest absolute Gasteiger partial charge is 0.143 e. The van der Waals surface area contributed by atoms with E-state index in [0.717, 1.165) is 11.3 Å². The van der Waals surface area contributed by atoms with Crippen LogP contribution < -0.4 is 0 Å². The number of fused-ring (bicyclic) bond motifs is 1.